The van der Waals surface area contributed by atoms with Crippen LogP contribution in [-0.4, -0.2) is 77.5 Å². The van der Waals surface area contributed by atoms with E-state index in [4.69, 9.17) is 4.74 Å². The molecular weight excluding hydrogens is 342 g/mol. The Balaban J connectivity index is 1.92. The monoisotopic (exact) mass is 365 g/mol. The number of rotatable bonds is 5. The van der Waals surface area contributed by atoms with Gasteiger partial charge in [-0.3, -0.25) is 4.57 Å². The second kappa shape index (κ2) is 7.64. The van der Waals surface area contributed by atoms with Crippen molar-refractivity contribution in [2.24, 2.45) is 0 Å². The molecule has 0 aliphatic carbocycles. The maximum absolute atomic E-state index is 10.3. The van der Waals surface area contributed by atoms with E-state index in [1.54, 1.807) is 0 Å². The number of imidazole rings is 1. The van der Waals surface area contributed by atoms with Gasteiger partial charge in [0.05, 0.1) is 12.9 Å². The fourth-order valence-electron chi connectivity index (χ4n) is 2.83. The van der Waals surface area contributed by atoms with Gasteiger partial charge in [-0.2, -0.15) is 0 Å². The molecule has 1 aliphatic heterocycles. The van der Waals surface area contributed by atoms with Crippen molar-refractivity contribution in [1.82, 2.24) is 19.5 Å². The summed E-state index contributed by atoms with van der Waals surface area (Å²) in [5.74, 6) is 0.524. The molecule has 0 spiro atoms. The molecular formula is C16H23N5O5. The van der Waals surface area contributed by atoms with Crippen LogP contribution in [0.5, 0.6) is 0 Å². The summed E-state index contributed by atoms with van der Waals surface area (Å²) in [7, 11) is 0. The number of allylic oxidation sites excluding steroid dienone is 1. The Kier molecular flexibility index (Phi) is 5.49. The van der Waals surface area contributed by atoms with Crippen LogP contribution in [0.15, 0.2) is 24.3 Å². The zero-order valence-electron chi connectivity index (χ0n) is 14.5. The fourth-order valence-corrected chi connectivity index (χ4v) is 2.83. The number of hydrogen-bond acceptors (Lipinski definition) is 9. The van der Waals surface area contributed by atoms with Crippen molar-refractivity contribution >= 4 is 17.0 Å². The largest absolute Gasteiger partial charge is 0.394 e. The SMILES string of the molecule is CC(C)=CCNc1ncnc2c1ncn2[C@H]1O[C@H](CO)[C@@H](O)[C@H](O)[C@H]1O. The van der Waals surface area contributed by atoms with Crippen LogP contribution in [0.4, 0.5) is 5.82 Å². The maximum atomic E-state index is 10.3. The average molecular weight is 365 g/mol. The first-order chi connectivity index (χ1) is 12.4. The van der Waals surface area contributed by atoms with Gasteiger partial charge in [0.25, 0.3) is 0 Å². The lowest BCUT2D eigenvalue weighted by Crippen LogP contribution is -2.56. The third-order valence-corrected chi connectivity index (χ3v) is 4.28. The number of nitrogens with one attached hydrogen (secondary N) is 1. The van der Waals surface area contributed by atoms with Crippen molar-refractivity contribution in [3.8, 4) is 0 Å². The Morgan fingerprint density at radius 2 is 1.96 bits per heavy atom. The molecule has 2 aromatic heterocycles. The highest BCUT2D eigenvalue weighted by Gasteiger charge is 2.44. The summed E-state index contributed by atoms with van der Waals surface area (Å²) >= 11 is 0. The highest BCUT2D eigenvalue weighted by atomic mass is 16.6. The number of aliphatic hydroxyl groups excluding tert-OH is 4. The molecule has 1 saturated heterocycles. The highest BCUT2D eigenvalue weighted by Crippen LogP contribution is 2.31. The minimum absolute atomic E-state index is 0.393. The molecule has 0 radical (unpaired) electrons. The molecule has 142 valence electrons. The number of fused-ring (bicyclic) bond motifs is 1. The Morgan fingerprint density at radius 1 is 1.19 bits per heavy atom. The lowest BCUT2D eigenvalue weighted by atomic mass is 9.98. The predicted molar refractivity (Wildman–Crippen MR) is 92.3 cm³/mol. The third-order valence-electron chi connectivity index (χ3n) is 4.28. The van der Waals surface area contributed by atoms with Gasteiger partial charge in [0.15, 0.2) is 23.2 Å². The van der Waals surface area contributed by atoms with Crippen molar-refractivity contribution in [1.29, 1.82) is 0 Å². The molecule has 0 unspecified atom stereocenters. The first-order valence-corrected chi connectivity index (χ1v) is 8.29. The Hall–Kier alpha value is -2.11. The van der Waals surface area contributed by atoms with E-state index >= 15 is 0 Å². The van der Waals surface area contributed by atoms with Gasteiger partial charge < -0.3 is 30.5 Å². The van der Waals surface area contributed by atoms with Gasteiger partial charge in [-0.05, 0) is 13.8 Å². The molecule has 26 heavy (non-hydrogen) atoms. The topological polar surface area (TPSA) is 146 Å². The van der Waals surface area contributed by atoms with Gasteiger partial charge in [0.2, 0.25) is 0 Å². The summed E-state index contributed by atoms with van der Waals surface area (Å²) in [5, 5.41) is 42.7. The molecule has 0 aromatic carbocycles. The molecule has 3 heterocycles. The van der Waals surface area contributed by atoms with E-state index in [-0.39, 0.29) is 0 Å². The van der Waals surface area contributed by atoms with Gasteiger partial charge in [-0.25, -0.2) is 15.0 Å². The third kappa shape index (κ3) is 3.41. The molecule has 0 saturated carbocycles. The Morgan fingerprint density at radius 3 is 2.65 bits per heavy atom. The second-order valence-electron chi connectivity index (χ2n) is 6.43. The molecule has 2 aromatic rings. The molecule has 3 rings (SSSR count). The Labute approximate surface area is 149 Å². The number of aliphatic hydroxyl groups is 4. The molecule has 10 heteroatoms. The van der Waals surface area contributed by atoms with Crippen molar-refractivity contribution in [3.05, 3.63) is 24.3 Å². The number of anilines is 1. The van der Waals surface area contributed by atoms with Crippen molar-refractivity contribution < 1.29 is 25.2 Å². The van der Waals surface area contributed by atoms with Gasteiger partial charge in [0, 0.05) is 6.54 Å². The molecule has 1 fully saturated rings. The smallest absolute Gasteiger partial charge is 0.167 e. The summed E-state index contributed by atoms with van der Waals surface area (Å²) in [6.07, 6.45) is -1.60. The molecule has 0 amide bonds. The van der Waals surface area contributed by atoms with Crippen LogP contribution < -0.4 is 5.32 Å². The zero-order chi connectivity index (χ0) is 18.8. The molecule has 10 nitrogen and oxygen atoms in total. The number of ether oxygens (including phenoxy) is 1. The van der Waals surface area contributed by atoms with Crippen molar-refractivity contribution in [2.45, 2.75) is 44.5 Å². The van der Waals surface area contributed by atoms with Crippen LogP contribution in [0.1, 0.15) is 20.1 Å². The Bertz CT molecular complexity index is 788. The summed E-state index contributed by atoms with van der Waals surface area (Å²) in [6, 6.07) is 0. The number of aromatic nitrogens is 4. The van der Waals surface area contributed by atoms with Gasteiger partial charge >= 0.3 is 0 Å². The lowest BCUT2D eigenvalue weighted by molar-refractivity contribution is -0.250. The number of hydrogen-bond donors (Lipinski definition) is 5. The van der Waals surface area contributed by atoms with Gasteiger partial charge in [-0.1, -0.05) is 11.6 Å². The van der Waals surface area contributed by atoms with E-state index in [9.17, 15) is 20.4 Å². The van der Waals surface area contributed by atoms with E-state index in [0.717, 1.165) is 5.57 Å². The second-order valence-corrected chi connectivity index (χ2v) is 6.43. The fraction of sp³-hybridized carbons (Fsp3) is 0.562. The van der Waals surface area contributed by atoms with Crippen molar-refractivity contribution in [3.63, 3.8) is 0 Å². The van der Waals surface area contributed by atoms with Crippen LogP contribution >= 0.6 is 0 Å². The van der Waals surface area contributed by atoms with Crippen LogP contribution in [-0.2, 0) is 4.74 Å². The van der Waals surface area contributed by atoms with Gasteiger partial charge in [-0.15, -0.1) is 0 Å². The molecule has 5 atom stereocenters. The van der Waals surface area contributed by atoms with Crippen LogP contribution in [0.3, 0.4) is 0 Å². The average Bonchev–Trinajstić information content (AvgIpc) is 3.05. The van der Waals surface area contributed by atoms with Crippen molar-refractivity contribution in [2.75, 3.05) is 18.5 Å². The normalized spacial score (nSPS) is 28.9. The minimum atomic E-state index is -1.47. The molecule has 1 aliphatic rings. The summed E-state index contributed by atoms with van der Waals surface area (Å²) in [4.78, 5) is 12.6. The minimum Gasteiger partial charge on any atom is -0.394 e. The first-order valence-electron chi connectivity index (χ1n) is 8.29. The van der Waals surface area contributed by atoms with Crippen LogP contribution in [0.2, 0.25) is 0 Å². The highest BCUT2D eigenvalue weighted by molar-refractivity contribution is 5.82. The molecule has 5 N–H and O–H groups in total. The van der Waals surface area contributed by atoms with E-state index in [1.165, 1.54) is 17.2 Å². The molecule has 0 bridgehead atoms. The van der Waals surface area contributed by atoms with Gasteiger partial charge in [0.1, 0.15) is 30.7 Å². The van der Waals surface area contributed by atoms with Crippen LogP contribution in [0, 0.1) is 0 Å². The summed E-state index contributed by atoms with van der Waals surface area (Å²) < 4.78 is 7.01. The van der Waals surface area contributed by atoms with E-state index < -0.39 is 37.3 Å². The van der Waals surface area contributed by atoms with E-state index in [2.05, 4.69) is 20.3 Å². The summed E-state index contributed by atoms with van der Waals surface area (Å²) in [6.45, 7) is 4.05. The first kappa shape index (κ1) is 18.7. The zero-order valence-corrected chi connectivity index (χ0v) is 14.5. The standard InChI is InChI=1S/C16H23N5O5/c1-8(2)3-4-17-14-10-15(19-6-18-14)21(7-20-10)16-13(25)12(24)11(23)9(5-22)26-16/h3,6-7,9,11-13,16,22-25H,4-5H2,1-2H3,(H,17,18,19)/t9-,11-,12+,13-,16+/m1/s1. The lowest BCUT2D eigenvalue weighted by Gasteiger charge is -2.40. The maximum Gasteiger partial charge on any atom is 0.167 e. The quantitative estimate of drug-likeness (QED) is 0.429. The van der Waals surface area contributed by atoms with E-state index in [0.29, 0.717) is 23.5 Å². The predicted octanol–water partition coefficient (Wildman–Crippen LogP) is -0.823. The summed E-state index contributed by atoms with van der Waals surface area (Å²) in [5.41, 5.74) is 2.03. The van der Waals surface area contributed by atoms with E-state index in [1.807, 2.05) is 19.9 Å². The van der Waals surface area contributed by atoms with Crippen LogP contribution in [0.25, 0.3) is 11.2 Å². The number of nitrogens with zero attached hydrogens (tertiary/aromatic N) is 4.